The molecule has 1 fully saturated rings. The van der Waals surface area contributed by atoms with Crippen molar-refractivity contribution >= 4 is 23.4 Å². The van der Waals surface area contributed by atoms with Crippen molar-refractivity contribution in [3.63, 3.8) is 0 Å². The van der Waals surface area contributed by atoms with Crippen LogP contribution in [0.3, 0.4) is 0 Å². The molecular weight excluding hydrogens is 356 g/mol. The summed E-state index contributed by atoms with van der Waals surface area (Å²) < 4.78 is 14.4. The van der Waals surface area contributed by atoms with E-state index in [1.54, 1.807) is 24.3 Å². The van der Waals surface area contributed by atoms with Crippen molar-refractivity contribution in [2.45, 2.75) is 16.1 Å². The van der Waals surface area contributed by atoms with Crippen molar-refractivity contribution in [1.82, 2.24) is 9.55 Å². The molecule has 0 spiro atoms. The summed E-state index contributed by atoms with van der Waals surface area (Å²) >= 11 is 7.75. The molecule has 128 valence electrons. The Hall–Kier alpha value is -1.79. The van der Waals surface area contributed by atoms with Crippen LogP contribution in [0.25, 0.3) is 0 Å². The van der Waals surface area contributed by atoms with Gasteiger partial charge in [-0.05, 0) is 24.3 Å². The monoisotopic (exact) mass is 372 g/mol. The summed E-state index contributed by atoms with van der Waals surface area (Å²) in [5.41, 5.74) is 0.941. The molecule has 2 heterocycles. The standard InChI is InChI=1S/C19H17ClN2O2S/c20-16-8-6-15(7-9-16)19(23-12-13-24-19)18(22-11-10-21-14-22)25-17-4-2-1-3-5-17/h1-11,14,18H,12-13H2. The van der Waals surface area contributed by atoms with Gasteiger partial charge in [0.25, 0.3) is 0 Å². The van der Waals surface area contributed by atoms with Crippen LogP contribution in [0.5, 0.6) is 0 Å². The third-order valence-corrected chi connectivity index (χ3v) is 5.65. The van der Waals surface area contributed by atoms with Crippen molar-refractivity contribution in [1.29, 1.82) is 0 Å². The van der Waals surface area contributed by atoms with Crippen molar-refractivity contribution in [2.24, 2.45) is 0 Å². The number of ether oxygens (including phenoxy) is 2. The molecule has 6 heteroatoms. The summed E-state index contributed by atoms with van der Waals surface area (Å²) in [4.78, 5) is 5.35. The van der Waals surface area contributed by atoms with Crippen LogP contribution in [0.4, 0.5) is 0 Å². The van der Waals surface area contributed by atoms with Crippen molar-refractivity contribution in [3.8, 4) is 0 Å². The van der Waals surface area contributed by atoms with E-state index in [1.807, 2.05) is 53.2 Å². The van der Waals surface area contributed by atoms with Gasteiger partial charge in [0.2, 0.25) is 5.79 Å². The third kappa shape index (κ3) is 3.33. The smallest absolute Gasteiger partial charge is 0.226 e. The van der Waals surface area contributed by atoms with Crippen molar-refractivity contribution in [3.05, 3.63) is 83.9 Å². The minimum absolute atomic E-state index is 0.166. The average Bonchev–Trinajstić information content (AvgIpc) is 3.34. The summed E-state index contributed by atoms with van der Waals surface area (Å²) in [5.74, 6) is -0.897. The number of nitrogens with zero attached hydrogens (tertiary/aromatic N) is 2. The fourth-order valence-electron chi connectivity index (χ4n) is 2.93. The van der Waals surface area contributed by atoms with Gasteiger partial charge in [-0.25, -0.2) is 4.98 Å². The maximum atomic E-state index is 6.19. The van der Waals surface area contributed by atoms with E-state index < -0.39 is 5.79 Å². The first-order valence-electron chi connectivity index (χ1n) is 8.01. The van der Waals surface area contributed by atoms with E-state index in [2.05, 4.69) is 17.1 Å². The van der Waals surface area contributed by atoms with Gasteiger partial charge in [0.15, 0.2) is 0 Å². The van der Waals surface area contributed by atoms with Crippen LogP contribution in [0.15, 0.2) is 78.2 Å². The van der Waals surface area contributed by atoms with Gasteiger partial charge in [-0.2, -0.15) is 0 Å². The molecule has 4 rings (SSSR count). The number of imidazole rings is 1. The highest BCUT2D eigenvalue weighted by Crippen LogP contribution is 2.49. The molecule has 1 aliphatic rings. The molecule has 0 N–H and O–H groups in total. The first-order chi connectivity index (χ1) is 12.3. The lowest BCUT2D eigenvalue weighted by Crippen LogP contribution is -2.36. The molecule has 0 radical (unpaired) electrons. The van der Waals surface area contributed by atoms with Crippen LogP contribution < -0.4 is 0 Å². The number of aromatic nitrogens is 2. The molecule has 1 saturated heterocycles. The summed E-state index contributed by atoms with van der Waals surface area (Å²) in [6.45, 7) is 1.09. The Balaban J connectivity index is 1.79. The predicted octanol–water partition coefficient (Wildman–Crippen LogP) is 4.73. The summed E-state index contributed by atoms with van der Waals surface area (Å²) in [5, 5.41) is 0.521. The van der Waals surface area contributed by atoms with Gasteiger partial charge < -0.3 is 14.0 Å². The van der Waals surface area contributed by atoms with Crippen LogP contribution in [0, 0.1) is 0 Å². The molecule has 1 atom stereocenters. The zero-order valence-electron chi connectivity index (χ0n) is 13.4. The molecule has 1 aromatic heterocycles. The van der Waals surface area contributed by atoms with E-state index in [-0.39, 0.29) is 5.37 Å². The van der Waals surface area contributed by atoms with E-state index in [0.717, 1.165) is 10.5 Å². The lowest BCUT2D eigenvalue weighted by molar-refractivity contribution is -0.178. The molecule has 1 unspecified atom stereocenters. The molecule has 4 nitrogen and oxygen atoms in total. The largest absolute Gasteiger partial charge is 0.341 e. The van der Waals surface area contributed by atoms with E-state index in [4.69, 9.17) is 21.1 Å². The molecule has 0 aliphatic carbocycles. The first-order valence-corrected chi connectivity index (χ1v) is 9.27. The number of halogens is 1. The van der Waals surface area contributed by atoms with Gasteiger partial charge in [0, 0.05) is 27.9 Å². The lowest BCUT2D eigenvalue weighted by atomic mass is 10.1. The number of benzene rings is 2. The Morgan fingerprint density at radius 2 is 1.76 bits per heavy atom. The first kappa shape index (κ1) is 16.7. The lowest BCUT2D eigenvalue weighted by Gasteiger charge is -2.36. The maximum Gasteiger partial charge on any atom is 0.226 e. The predicted molar refractivity (Wildman–Crippen MR) is 98.6 cm³/mol. The second-order valence-electron chi connectivity index (χ2n) is 5.66. The highest BCUT2D eigenvalue weighted by Gasteiger charge is 2.48. The van der Waals surface area contributed by atoms with E-state index in [1.165, 1.54) is 0 Å². The zero-order valence-corrected chi connectivity index (χ0v) is 15.0. The number of rotatable bonds is 5. The van der Waals surface area contributed by atoms with Crippen LogP contribution in [0.1, 0.15) is 10.9 Å². The van der Waals surface area contributed by atoms with Crippen LogP contribution >= 0.6 is 23.4 Å². The summed E-state index contributed by atoms with van der Waals surface area (Å²) in [7, 11) is 0. The number of thioether (sulfide) groups is 1. The Labute approximate surface area is 155 Å². The normalized spacial score (nSPS) is 17.5. The second-order valence-corrected chi connectivity index (χ2v) is 7.25. The van der Waals surface area contributed by atoms with Gasteiger partial charge in [-0.3, -0.25) is 0 Å². The average molecular weight is 373 g/mol. The van der Waals surface area contributed by atoms with Gasteiger partial charge in [0.1, 0.15) is 5.37 Å². The maximum absolute atomic E-state index is 6.19. The van der Waals surface area contributed by atoms with Crippen molar-refractivity contribution < 1.29 is 9.47 Å². The Morgan fingerprint density at radius 1 is 1.04 bits per heavy atom. The molecule has 2 aromatic carbocycles. The van der Waals surface area contributed by atoms with Gasteiger partial charge in [-0.15, -0.1) is 0 Å². The van der Waals surface area contributed by atoms with Crippen LogP contribution in [-0.2, 0) is 15.3 Å². The second kappa shape index (κ2) is 7.22. The molecule has 3 aromatic rings. The van der Waals surface area contributed by atoms with Gasteiger partial charge in [0.05, 0.1) is 19.5 Å². The van der Waals surface area contributed by atoms with E-state index >= 15 is 0 Å². The summed E-state index contributed by atoms with van der Waals surface area (Å²) in [6, 6.07) is 17.9. The molecule has 0 amide bonds. The third-order valence-electron chi connectivity index (χ3n) is 4.07. The summed E-state index contributed by atoms with van der Waals surface area (Å²) in [6.07, 6.45) is 5.50. The van der Waals surface area contributed by atoms with Gasteiger partial charge in [-0.1, -0.05) is 53.7 Å². The highest BCUT2D eigenvalue weighted by molar-refractivity contribution is 7.99. The fraction of sp³-hybridized carbons (Fsp3) is 0.211. The van der Waals surface area contributed by atoms with Gasteiger partial charge >= 0.3 is 0 Å². The molecular formula is C19H17ClN2O2S. The highest BCUT2D eigenvalue weighted by atomic mass is 35.5. The van der Waals surface area contributed by atoms with E-state index in [0.29, 0.717) is 18.2 Å². The molecule has 1 aliphatic heterocycles. The quantitative estimate of drug-likeness (QED) is 0.607. The number of hydrogen-bond donors (Lipinski definition) is 0. The molecule has 0 saturated carbocycles. The van der Waals surface area contributed by atoms with Crippen LogP contribution in [-0.4, -0.2) is 22.8 Å². The molecule has 25 heavy (non-hydrogen) atoms. The number of hydrogen-bond acceptors (Lipinski definition) is 4. The topological polar surface area (TPSA) is 36.3 Å². The van der Waals surface area contributed by atoms with Crippen LogP contribution in [0.2, 0.25) is 5.02 Å². The Bertz CT molecular complexity index is 803. The Morgan fingerprint density at radius 3 is 2.40 bits per heavy atom. The molecule has 0 bridgehead atoms. The minimum Gasteiger partial charge on any atom is -0.341 e. The fourth-order valence-corrected chi connectivity index (χ4v) is 4.30. The van der Waals surface area contributed by atoms with Crippen molar-refractivity contribution in [2.75, 3.05) is 13.2 Å². The SMILES string of the molecule is Clc1ccc(C2(C(Sc3ccccc3)n3ccnc3)OCCO2)cc1. The Kier molecular flexibility index (Phi) is 4.81. The van der Waals surface area contributed by atoms with E-state index in [9.17, 15) is 0 Å². The zero-order chi connectivity index (χ0) is 17.1. The minimum atomic E-state index is -0.897.